The summed E-state index contributed by atoms with van der Waals surface area (Å²) in [4.78, 5) is 20.9. The van der Waals surface area contributed by atoms with Crippen LogP contribution >= 0.6 is 0 Å². The molecular formula is C29H35N5O3. The molecule has 2 aromatic carbocycles. The monoisotopic (exact) mass is 501 g/mol. The number of aliphatic hydroxyl groups is 1. The van der Waals surface area contributed by atoms with Gasteiger partial charge in [0, 0.05) is 19.2 Å². The lowest BCUT2D eigenvalue weighted by atomic mass is 10.0. The van der Waals surface area contributed by atoms with Crippen LogP contribution in [0, 0.1) is 0 Å². The Morgan fingerprint density at radius 3 is 2.59 bits per heavy atom. The molecule has 3 heterocycles. The summed E-state index contributed by atoms with van der Waals surface area (Å²) in [6, 6.07) is 18.7. The summed E-state index contributed by atoms with van der Waals surface area (Å²) in [7, 11) is 0. The van der Waals surface area contributed by atoms with Gasteiger partial charge < -0.3 is 25.8 Å². The molecule has 5 rings (SSSR count). The van der Waals surface area contributed by atoms with Gasteiger partial charge in [0.05, 0.1) is 12.3 Å². The third-order valence-electron chi connectivity index (χ3n) is 7.01. The number of benzene rings is 2. The summed E-state index contributed by atoms with van der Waals surface area (Å²) >= 11 is 0. The van der Waals surface area contributed by atoms with Crippen LogP contribution in [0.3, 0.4) is 0 Å². The molecule has 1 amide bonds. The molecule has 2 aliphatic heterocycles. The van der Waals surface area contributed by atoms with E-state index in [1.807, 2.05) is 12.1 Å². The van der Waals surface area contributed by atoms with E-state index >= 15 is 0 Å². The number of hydrogen-bond donors (Lipinski definition) is 3. The minimum atomic E-state index is -1.35. The number of amides is 1. The molecule has 0 saturated carbocycles. The normalized spacial score (nSPS) is 17.5. The first-order valence-corrected chi connectivity index (χ1v) is 13.1. The maximum Gasteiger partial charge on any atom is 0.274 e. The highest BCUT2D eigenvalue weighted by Crippen LogP contribution is 2.38. The maximum atomic E-state index is 12.5. The minimum absolute atomic E-state index is 0.165. The number of hydrogen-bond acceptors (Lipinski definition) is 7. The number of ether oxygens (including phenoxy) is 1. The molecule has 1 fully saturated rings. The lowest BCUT2D eigenvalue weighted by molar-refractivity contribution is -0.124. The van der Waals surface area contributed by atoms with Gasteiger partial charge in [-0.3, -0.25) is 9.69 Å². The number of nitrogens with zero attached hydrogens (tertiary/aromatic N) is 3. The van der Waals surface area contributed by atoms with Crippen molar-refractivity contribution in [3.05, 3.63) is 65.7 Å². The smallest absolute Gasteiger partial charge is 0.274 e. The molecule has 0 aliphatic carbocycles. The lowest BCUT2D eigenvalue weighted by Crippen LogP contribution is -2.47. The molecule has 0 radical (unpaired) electrons. The Balaban J connectivity index is 1.35. The lowest BCUT2D eigenvalue weighted by Gasteiger charge is -2.35. The Kier molecular flexibility index (Phi) is 7.58. The van der Waals surface area contributed by atoms with Crippen LogP contribution in [0.25, 0.3) is 11.1 Å². The van der Waals surface area contributed by atoms with Crippen LogP contribution < -0.4 is 20.7 Å². The van der Waals surface area contributed by atoms with Gasteiger partial charge in [0.1, 0.15) is 5.69 Å². The average Bonchev–Trinajstić information content (AvgIpc) is 3.41. The third kappa shape index (κ3) is 5.70. The number of pyridine rings is 1. The van der Waals surface area contributed by atoms with Crippen LogP contribution in [-0.4, -0.2) is 46.8 Å². The highest BCUT2D eigenvalue weighted by atomic mass is 16.5. The summed E-state index contributed by atoms with van der Waals surface area (Å²) in [6.45, 7) is 6.28. The molecule has 1 unspecified atom stereocenters. The fraction of sp³-hybridized carbons (Fsp3) is 0.379. The number of nitrogens with two attached hydrogens (primary N) is 1. The topological polar surface area (TPSA) is 104 Å². The molecule has 0 spiro atoms. The van der Waals surface area contributed by atoms with Crippen LogP contribution in [0.5, 0.6) is 5.88 Å². The number of fused-ring (bicyclic) bond motifs is 1. The highest BCUT2D eigenvalue weighted by Gasteiger charge is 2.33. The van der Waals surface area contributed by atoms with Crippen molar-refractivity contribution >= 4 is 23.1 Å². The molecule has 4 N–H and O–H groups in total. The molecule has 1 saturated heterocycles. The van der Waals surface area contributed by atoms with Gasteiger partial charge in [-0.1, -0.05) is 55.8 Å². The third-order valence-corrected chi connectivity index (χ3v) is 7.01. The van der Waals surface area contributed by atoms with Crippen LogP contribution in [0.15, 0.2) is 54.6 Å². The molecule has 0 bridgehead atoms. The van der Waals surface area contributed by atoms with E-state index in [9.17, 15) is 9.90 Å². The number of carbonyl (C=O) groups is 1. The van der Waals surface area contributed by atoms with Crippen molar-refractivity contribution in [1.29, 1.82) is 0 Å². The molecular weight excluding hydrogens is 466 g/mol. The molecule has 1 atom stereocenters. The van der Waals surface area contributed by atoms with Gasteiger partial charge in [-0.15, -0.1) is 0 Å². The molecule has 194 valence electrons. The Labute approximate surface area is 218 Å². The van der Waals surface area contributed by atoms with Gasteiger partial charge in [-0.2, -0.15) is 4.98 Å². The second-order valence-electron chi connectivity index (χ2n) is 9.81. The summed E-state index contributed by atoms with van der Waals surface area (Å²) in [6.07, 6.45) is 3.12. The van der Waals surface area contributed by atoms with Gasteiger partial charge >= 0.3 is 0 Å². The molecule has 1 aromatic heterocycles. The maximum absolute atomic E-state index is 12.5. The van der Waals surface area contributed by atoms with E-state index in [4.69, 9.17) is 10.5 Å². The van der Waals surface area contributed by atoms with Gasteiger partial charge in [0.25, 0.3) is 5.91 Å². The number of anilines is 3. The molecule has 37 heavy (non-hydrogen) atoms. The zero-order valence-corrected chi connectivity index (χ0v) is 21.3. The van der Waals surface area contributed by atoms with Gasteiger partial charge in [-0.05, 0) is 60.7 Å². The number of rotatable bonds is 9. The first kappa shape index (κ1) is 25.0. The summed E-state index contributed by atoms with van der Waals surface area (Å²) in [5, 5.41) is 13.4. The molecule has 2 aliphatic rings. The van der Waals surface area contributed by atoms with E-state index < -0.39 is 12.1 Å². The van der Waals surface area contributed by atoms with Crippen molar-refractivity contribution in [2.24, 2.45) is 0 Å². The van der Waals surface area contributed by atoms with Crippen molar-refractivity contribution in [2.75, 3.05) is 35.6 Å². The van der Waals surface area contributed by atoms with Crippen molar-refractivity contribution in [3.8, 4) is 17.0 Å². The first-order chi connectivity index (χ1) is 18.0. The molecule has 8 heteroatoms. The Bertz CT molecular complexity index is 1240. The number of likely N-dealkylation sites (tertiary alicyclic amines) is 1. The van der Waals surface area contributed by atoms with E-state index in [0.717, 1.165) is 30.5 Å². The fourth-order valence-corrected chi connectivity index (χ4v) is 4.96. The highest BCUT2D eigenvalue weighted by molar-refractivity contribution is 6.05. The minimum Gasteiger partial charge on any atom is -0.478 e. The van der Waals surface area contributed by atoms with E-state index in [1.165, 1.54) is 37.1 Å². The zero-order chi connectivity index (χ0) is 25.8. The summed E-state index contributed by atoms with van der Waals surface area (Å²) in [5.74, 6) is 0.00714. The van der Waals surface area contributed by atoms with Crippen molar-refractivity contribution < 1.29 is 14.6 Å². The summed E-state index contributed by atoms with van der Waals surface area (Å²) in [5.41, 5.74) is 11.7. The molecule has 3 aromatic rings. The van der Waals surface area contributed by atoms with E-state index in [1.54, 1.807) is 11.0 Å². The quantitative estimate of drug-likeness (QED) is 0.374. The van der Waals surface area contributed by atoms with Crippen molar-refractivity contribution in [1.82, 2.24) is 9.88 Å². The fourth-order valence-electron chi connectivity index (χ4n) is 4.96. The van der Waals surface area contributed by atoms with Crippen molar-refractivity contribution in [3.63, 3.8) is 0 Å². The van der Waals surface area contributed by atoms with Gasteiger partial charge in [0.15, 0.2) is 5.82 Å². The van der Waals surface area contributed by atoms with Crippen LogP contribution in [-0.2, 0) is 17.9 Å². The number of nitrogens with one attached hydrogen (secondary N) is 1. The first-order valence-electron chi connectivity index (χ1n) is 13.1. The van der Waals surface area contributed by atoms with E-state index in [2.05, 4.69) is 58.5 Å². The Morgan fingerprint density at radius 1 is 1.05 bits per heavy atom. The van der Waals surface area contributed by atoms with E-state index in [0.29, 0.717) is 30.4 Å². The number of carbonyl (C=O) groups excluding carboxylic acids is 1. The zero-order valence-electron chi connectivity index (χ0n) is 21.3. The number of aromatic nitrogens is 1. The van der Waals surface area contributed by atoms with E-state index in [-0.39, 0.29) is 5.82 Å². The SMILES string of the molecule is CCCCOc1cc2c(c(N)n1)NC(=O)C(O)N2Cc1ccc(-c2cccc(CN3CCCC3)c2)cc1. The predicted octanol–water partition coefficient (Wildman–Crippen LogP) is 4.38. The standard InChI is InChI=1S/C29H35N5O3/c1-2-3-15-37-25-17-24-26(27(30)31-25)32-28(35)29(36)34(24)19-20-9-11-22(12-10-20)23-8-6-7-21(16-23)18-33-13-4-5-14-33/h6-12,16-17,29,36H,2-5,13-15,18-19H2,1H3,(H2,30,31)(H,32,35). The largest absolute Gasteiger partial charge is 0.478 e. The Hall–Kier alpha value is -3.62. The van der Waals surface area contributed by atoms with Crippen LogP contribution in [0.2, 0.25) is 0 Å². The number of aliphatic hydroxyl groups excluding tert-OH is 1. The second-order valence-corrected chi connectivity index (χ2v) is 9.81. The number of nitrogen functional groups attached to an aromatic ring is 1. The number of unbranched alkanes of at least 4 members (excludes halogenated alkanes) is 1. The average molecular weight is 502 g/mol. The summed E-state index contributed by atoms with van der Waals surface area (Å²) < 4.78 is 5.75. The van der Waals surface area contributed by atoms with Crippen LogP contribution in [0.1, 0.15) is 43.7 Å². The second kappa shape index (κ2) is 11.2. The Morgan fingerprint density at radius 2 is 1.84 bits per heavy atom. The molecule has 8 nitrogen and oxygen atoms in total. The van der Waals surface area contributed by atoms with Gasteiger partial charge in [0.2, 0.25) is 12.1 Å². The predicted molar refractivity (Wildman–Crippen MR) is 146 cm³/mol. The van der Waals surface area contributed by atoms with Crippen LogP contribution in [0.4, 0.5) is 17.2 Å². The van der Waals surface area contributed by atoms with Gasteiger partial charge in [-0.25, -0.2) is 0 Å². The van der Waals surface area contributed by atoms with Crippen molar-refractivity contribution in [2.45, 2.75) is 51.9 Å².